The Morgan fingerprint density at radius 3 is 2.68 bits per heavy atom. The highest BCUT2D eigenvalue weighted by atomic mass is 16.6. The second-order valence-corrected chi connectivity index (χ2v) is 10.2. The highest BCUT2D eigenvalue weighted by Crippen LogP contribution is 2.59. The lowest BCUT2D eigenvalue weighted by Crippen LogP contribution is -2.57. The molecule has 1 aliphatic carbocycles. The summed E-state index contributed by atoms with van der Waals surface area (Å²) in [6.07, 6.45) is 5.36. The number of nitrogens with zero attached hydrogens (tertiary/aromatic N) is 1. The van der Waals surface area contributed by atoms with Crippen LogP contribution in [0.3, 0.4) is 0 Å². The number of ether oxygens (including phenoxy) is 4. The molecule has 4 fully saturated rings. The van der Waals surface area contributed by atoms with E-state index in [1.54, 1.807) is 7.11 Å². The SMILES string of the molecule is CCNCCC1CN(C(=O)OC2CCC3(CO3)C([C@@]3(C)O[C@@H]3CC=C(C)C)C2OC)C1. The normalized spacial score (nSPS) is 39.2. The zero-order valence-corrected chi connectivity index (χ0v) is 19.8. The van der Waals surface area contributed by atoms with Crippen LogP contribution in [0.2, 0.25) is 0 Å². The van der Waals surface area contributed by atoms with Gasteiger partial charge in [0.25, 0.3) is 0 Å². The van der Waals surface area contributed by atoms with E-state index in [0.29, 0.717) is 5.92 Å². The number of rotatable bonds is 9. The number of allylic oxidation sites excluding steroid dienone is 1. The Labute approximate surface area is 186 Å². The van der Waals surface area contributed by atoms with E-state index in [0.717, 1.165) is 58.5 Å². The third-order valence-corrected chi connectivity index (χ3v) is 7.68. The summed E-state index contributed by atoms with van der Waals surface area (Å²) >= 11 is 0. The number of nitrogens with one attached hydrogen (secondary N) is 1. The molecular formula is C24H40N2O5. The van der Waals surface area contributed by atoms with Crippen molar-refractivity contribution in [2.45, 2.75) is 82.9 Å². The van der Waals surface area contributed by atoms with E-state index in [2.05, 4.69) is 39.1 Å². The van der Waals surface area contributed by atoms with Gasteiger partial charge in [-0.3, -0.25) is 0 Å². The van der Waals surface area contributed by atoms with Crippen molar-refractivity contribution < 1.29 is 23.7 Å². The molecule has 1 amide bonds. The lowest BCUT2D eigenvalue weighted by Gasteiger charge is -2.44. The van der Waals surface area contributed by atoms with Gasteiger partial charge >= 0.3 is 6.09 Å². The van der Waals surface area contributed by atoms with Crippen LogP contribution in [0.5, 0.6) is 0 Å². The van der Waals surface area contributed by atoms with Crippen LogP contribution in [0.15, 0.2) is 11.6 Å². The number of hydrogen-bond acceptors (Lipinski definition) is 6. The molecule has 0 bridgehead atoms. The molecule has 0 aromatic rings. The van der Waals surface area contributed by atoms with Crippen LogP contribution in [-0.4, -0.2) is 80.4 Å². The molecule has 0 radical (unpaired) electrons. The summed E-state index contributed by atoms with van der Waals surface area (Å²) in [4.78, 5) is 14.6. The van der Waals surface area contributed by atoms with Gasteiger partial charge in [0.05, 0.1) is 18.6 Å². The van der Waals surface area contributed by atoms with E-state index in [9.17, 15) is 4.79 Å². The Balaban J connectivity index is 1.36. The molecule has 31 heavy (non-hydrogen) atoms. The van der Waals surface area contributed by atoms with Crippen molar-refractivity contribution in [3.8, 4) is 0 Å². The number of carbonyl (C=O) groups excluding carboxylic acids is 1. The molecule has 0 aromatic heterocycles. The van der Waals surface area contributed by atoms with Crippen LogP contribution in [0, 0.1) is 11.8 Å². The number of amides is 1. The molecule has 1 N–H and O–H groups in total. The third kappa shape index (κ3) is 4.65. The molecule has 1 saturated carbocycles. The second kappa shape index (κ2) is 9.00. The summed E-state index contributed by atoms with van der Waals surface area (Å²) in [5.41, 5.74) is 0.807. The summed E-state index contributed by atoms with van der Waals surface area (Å²) in [5, 5.41) is 3.35. The zero-order valence-electron chi connectivity index (χ0n) is 19.8. The molecule has 3 heterocycles. The number of hydrogen-bond donors (Lipinski definition) is 1. The van der Waals surface area contributed by atoms with Crippen LogP contribution in [0.25, 0.3) is 0 Å². The number of methoxy groups -OCH3 is 1. The van der Waals surface area contributed by atoms with Gasteiger partial charge in [0, 0.05) is 20.2 Å². The van der Waals surface area contributed by atoms with E-state index in [1.807, 2.05) is 4.90 Å². The fraction of sp³-hybridized carbons (Fsp3) is 0.875. The van der Waals surface area contributed by atoms with Gasteiger partial charge in [0.2, 0.25) is 0 Å². The molecule has 3 saturated heterocycles. The quantitative estimate of drug-likeness (QED) is 0.340. The summed E-state index contributed by atoms with van der Waals surface area (Å²) in [5.74, 6) is 0.637. The molecule has 4 rings (SSSR count). The molecule has 7 heteroatoms. The first kappa shape index (κ1) is 23.0. The van der Waals surface area contributed by atoms with Gasteiger partial charge < -0.3 is 29.2 Å². The summed E-state index contributed by atoms with van der Waals surface area (Å²) < 4.78 is 24.2. The van der Waals surface area contributed by atoms with Gasteiger partial charge in [0.15, 0.2) is 0 Å². The van der Waals surface area contributed by atoms with E-state index in [1.165, 1.54) is 5.57 Å². The second-order valence-electron chi connectivity index (χ2n) is 10.2. The van der Waals surface area contributed by atoms with Crippen LogP contribution in [0.4, 0.5) is 4.79 Å². The molecule has 0 aromatic carbocycles. The van der Waals surface area contributed by atoms with Crippen molar-refractivity contribution in [2.24, 2.45) is 11.8 Å². The minimum absolute atomic E-state index is 0.0661. The van der Waals surface area contributed by atoms with Gasteiger partial charge in [-0.1, -0.05) is 18.6 Å². The standard InChI is InChI=1S/C24H40N2O5/c1-6-25-12-10-17-13-26(14-17)22(27)30-18-9-11-24(15-29-24)21(20(18)28-5)23(4)19(31-23)8-7-16(2)3/h7,17-21,25H,6,8-15H2,1-5H3/t18?,19-,20?,21?,23+,24?/m1/s1. The van der Waals surface area contributed by atoms with Crippen molar-refractivity contribution in [3.05, 3.63) is 11.6 Å². The maximum absolute atomic E-state index is 12.8. The fourth-order valence-electron chi connectivity index (χ4n) is 5.66. The van der Waals surface area contributed by atoms with Crippen molar-refractivity contribution in [1.82, 2.24) is 10.2 Å². The Kier molecular flexibility index (Phi) is 6.69. The highest BCUT2D eigenvalue weighted by Gasteiger charge is 2.72. The topological polar surface area (TPSA) is 75.9 Å². The van der Waals surface area contributed by atoms with Gasteiger partial charge in [-0.05, 0) is 65.5 Å². The minimum Gasteiger partial charge on any atom is -0.443 e. The van der Waals surface area contributed by atoms with Gasteiger partial charge in [-0.25, -0.2) is 4.79 Å². The first-order valence-electron chi connectivity index (χ1n) is 12.0. The minimum atomic E-state index is -0.303. The smallest absolute Gasteiger partial charge is 0.410 e. The maximum atomic E-state index is 12.8. The molecule has 3 aliphatic heterocycles. The molecular weight excluding hydrogens is 396 g/mol. The predicted octanol–water partition coefficient (Wildman–Crippen LogP) is 3.13. The first-order valence-corrected chi connectivity index (χ1v) is 12.0. The van der Waals surface area contributed by atoms with E-state index in [4.69, 9.17) is 18.9 Å². The van der Waals surface area contributed by atoms with Crippen LogP contribution >= 0.6 is 0 Å². The predicted molar refractivity (Wildman–Crippen MR) is 118 cm³/mol. The lowest BCUT2D eigenvalue weighted by atomic mass is 9.68. The molecule has 4 aliphatic rings. The van der Waals surface area contributed by atoms with Crippen LogP contribution < -0.4 is 5.32 Å². The number of likely N-dealkylation sites (tertiary alicyclic amines) is 1. The van der Waals surface area contributed by atoms with Crippen molar-refractivity contribution in [3.63, 3.8) is 0 Å². The summed E-state index contributed by atoms with van der Waals surface area (Å²) in [7, 11) is 1.72. The zero-order chi connectivity index (χ0) is 22.2. The Morgan fingerprint density at radius 1 is 1.32 bits per heavy atom. The summed E-state index contributed by atoms with van der Waals surface area (Å²) in [6.45, 7) is 12.8. The number of epoxide rings is 2. The van der Waals surface area contributed by atoms with E-state index < -0.39 is 0 Å². The molecule has 6 atom stereocenters. The van der Waals surface area contributed by atoms with Gasteiger partial charge in [-0.2, -0.15) is 0 Å². The van der Waals surface area contributed by atoms with Crippen molar-refractivity contribution >= 4 is 6.09 Å². The largest absolute Gasteiger partial charge is 0.443 e. The van der Waals surface area contributed by atoms with Gasteiger partial charge in [-0.15, -0.1) is 0 Å². The van der Waals surface area contributed by atoms with Crippen molar-refractivity contribution in [1.29, 1.82) is 0 Å². The van der Waals surface area contributed by atoms with Crippen LogP contribution in [0.1, 0.15) is 53.4 Å². The van der Waals surface area contributed by atoms with E-state index in [-0.39, 0.29) is 41.5 Å². The lowest BCUT2D eigenvalue weighted by molar-refractivity contribution is -0.124. The maximum Gasteiger partial charge on any atom is 0.410 e. The Morgan fingerprint density at radius 2 is 2.06 bits per heavy atom. The average molecular weight is 437 g/mol. The van der Waals surface area contributed by atoms with E-state index >= 15 is 0 Å². The molecule has 176 valence electrons. The van der Waals surface area contributed by atoms with Crippen molar-refractivity contribution in [2.75, 3.05) is 39.9 Å². The Bertz CT molecular complexity index is 683. The molecule has 4 unspecified atom stereocenters. The Hall–Kier alpha value is -1.15. The average Bonchev–Trinajstić information content (AvgIpc) is 3.60. The molecule has 1 spiro atoms. The first-order chi connectivity index (χ1) is 14.8. The highest BCUT2D eigenvalue weighted by molar-refractivity contribution is 5.69. The third-order valence-electron chi connectivity index (χ3n) is 7.68. The fourth-order valence-corrected chi connectivity index (χ4v) is 5.66. The van der Waals surface area contributed by atoms with Crippen LogP contribution in [-0.2, 0) is 18.9 Å². The monoisotopic (exact) mass is 436 g/mol. The summed E-state index contributed by atoms with van der Waals surface area (Å²) in [6, 6.07) is 0. The van der Waals surface area contributed by atoms with Gasteiger partial charge in [0.1, 0.15) is 23.4 Å². The number of carbonyl (C=O) groups is 1. The molecule has 7 nitrogen and oxygen atoms in total.